The fourth-order valence-electron chi connectivity index (χ4n) is 3.80. The van der Waals surface area contributed by atoms with Crippen LogP contribution in [-0.4, -0.2) is 35.7 Å². The smallest absolute Gasteiger partial charge is 0.416 e. The molecule has 8 heteroatoms. The molecule has 28 heavy (non-hydrogen) atoms. The van der Waals surface area contributed by atoms with Gasteiger partial charge in [0.05, 0.1) is 18.7 Å². The van der Waals surface area contributed by atoms with Crippen LogP contribution in [0.25, 0.3) is 0 Å². The molecule has 1 aliphatic heterocycles. The van der Waals surface area contributed by atoms with Gasteiger partial charge in [0.2, 0.25) is 0 Å². The number of aliphatic carboxylic acids is 1. The second-order valence-electron chi connectivity index (χ2n) is 6.61. The molecule has 1 N–H and O–H groups in total. The lowest BCUT2D eigenvalue weighted by atomic mass is 9.91. The molecule has 1 heterocycles. The number of nitrogens with zero attached hydrogens (tertiary/aromatic N) is 1. The van der Waals surface area contributed by atoms with Gasteiger partial charge in [-0.2, -0.15) is 13.2 Å². The van der Waals surface area contributed by atoms with Crippen molar-refractivity contribution in [3.8, 4) is 5.75 Å². The van der Waals surface area contributed by atoms with E-state index >= 15 is 0 Å². The summed E-state index contributed by atoms with van der Waals surface area (Å²) in [5, 5.41) is 9.57. The third kappa shape index (κ3) is 3.82. The van der Waals surface area contributed by atoms with E-state index in [-0.39, 0.29) is 23.4 Å². The number of methoxy groups -OCH3 is 1. The van der Waals surface area contributed by atoms with E-state index in [2.05, 4.69) is 0 Å². The molecule has 2 aromatic carbocycles. The number of carboxylic acid groups (broad SMARTS) is 1. The van der Waals surface area contributed by atoms with Gasteiger partial charge in [-0.05, 0) is 42.7 Å². The molecule has 0 amide bonds. The van der Waals surface area contributed by atoms with Crippen molar-refractivity contribution in [2.45, 2.75) is 31.1 Å². The maximum atomic E-state index is 14.0. The Balaban J connectivity index is 2.26. The molecule has 0 radical (unpaired) electrons. The molecule has 3 rings (SSSR count). The number of rotatable bonds is 5. The maximum Gasteiger partial charge on any atom is 0.416 e. The minimum Gasteiger partial charge on any atom is -0.496 e. The van der Waals surface area contributed by atoms with Gasteiger partial charge >= 0.3 is 12.1 Å². The molecule has 0 bridgehead atoms. The van der Waals surface area contributed by atoms with Gasteiger partial charge in [-0.15, -0.1) is 0 Å². The van der Waals surface area contributed by atoms with Gasteiger partial charge in [-0.3, -0.25) is 9.69 Å². The number of carbonyl (C=O) groups is 1. The van der Waals surface area contributed by atoms with Crippen LogP contribution < -0.4 is 4.74 Å². The predicted molar refractivity (Wildman–Crippen MR) is 93.6 cm³/mol. The average molecular weight is 397 g/mol. The highest BCUT2D eigenvalue weighted by atomic mass is 19.4. The molecule has 0 aromatic heterocycles. The third-order valence-corrected chi connectivity index (χ3v) is 4.96. The Morgan fingerprint density at radius 3 is 2.57 bits per heavy atom. The van der Waals surface area contributed by atoms with E-state index in [1.54, 1.807) is 0 Å². The highest BCUT2D eigenvalue weighted by molar-refractivity contribution is 5.74. The van der Waals surface area contributed by atoms with Crippen molar-refractivity contribution < 1.29 is 32.2 Å². The molecular weight excluding hydrogens is 378 g/mol. The van der Waals surface area contributed by atoms with Crippen LogP contribution in [0.5, 0.6) is 5.75 Å². The fraction of sp³-hybridized carbons (Fsp3) is 0.350. The first-order chi connectivity index (χ1) is 13.2. The van der Waals surface area contributed by atoms with E-state index < -0.39 is 35.6 Å². The van der Waals surface area contributed by atoms with Crippen molar-refractivity contribution in [3.63, 3.8) is 0 Å². The number of halogens is 4. The predicted octanol–water partition coefficient (Wildman–Crippen LogP) is 4.49. The zero-order chi connectivity index (χ0) is 20.5. The van der Waals surface area contributed by atoms with Crippen LogP contribution in [0.2, 0.25) is 0 Å². The lowest BCUT2D eigenvalue weighted by molar-refractivity contribution is -0.143. The summed E-state index contributed by atoms with van der Waals surface area (Å²) >= 11 is 0. The quantitative estimate of drug-likeness (QED) is 0.756. The number of likely N-dealkylation sites (tertiary alicyclic amines) is 1. The number of hydrogen-bond donors (Lipinski definition) is 1. The number of hydrogen-bond acceptors (Lipinski definition) is 3. The maximum absolute atomic E-state index is 14.0. The average Bonchev–Trinajstić information content (AvgIpc) is 3.11. The Morgan fingerprint density at radius 2 is 1.93 bits per heavy atom. The summed E-state index contributed by atoms with van der Waals surface area (Å²) in [5.41, 5.74) is -0.859. The molecule has 2 unspecified atom stereocenters. The van der Waals surface area contributed by atoms with Crippen molar-refractivity contribution >= 4 is 5.97 Å². The molecule has 2 atom stereocenters. The number of carboxylic acids is 1. The Labute approximate surface area is 159 Å². The number of alkyl halides is 3. The molecule has 0 aliphatic carbocycles. The third-order valence-electron chi connectivity index (χ3n) is 4.96. The highest BCUT2D eigenvalue weighted by Gasteiger charge is 2.42. The van der Waals surface area contributed by atoms with E-state index in [1.165, 1.54) is 36.3 Å². The van der Waals surface area contributed by atoms with Crippen molar-refractivity contribution in [2.75, 3.05) is 13.7 Å². The summed E-state index contributed by atoms with van der Waals surface area (Å²) < 4.78 is 60.4. The van der Waals surface area contributed by atoms with Gasteiger partial charge in [0.15, 0.2) is 0 Å². The van der Waals surface area contributed by atoms with E-state index in [1.807, 2.05) is 0 Å². The van der Waals surface area contributed by atoms with E-state index in [0.29, 0.717) is 12.8 Å². The molecule has 150 valence electrons. The van der Waals surface area contributed by atoms with Crippen LogP contribution in [-0.2, 0) is 11.0 Å². The zero-order valence-electron chi connectivity index (χ0n) is 15.0. The second-order valence-corrected chi connectivity index (χ2v) is 6.61. The molecule has 1 fully saturated rings. The first-order valence-electron chi connectivity index (χ1n) is 8.72. The summed E-state index contributed by atoms with van der Waals surface area (Å²) in [6.45, 7) is 0.271. The van der Waals surface area contributed by atoms with Gasteiger partial charge in [0.1, 0.15) is 17.6 Å². The highest BCUT2D eigenvalue weighted by Crippen LogP contribution is 2.44. The van der Waals surface area contributed by atoms with E-state index in [9.17, 15) is 27.5 Å². The summed E-state index contributed by atoms with van der Waals surface area (Å²) in [6.07, 6.45) is -3.83. The Kier molecular flexibility index (Phi) is 5.60. The summed E-state index contributed by atoms with van der Waals surface area (Å²) in [6, 6.07) is 6.46. The first-order valence-corrected chi connectivity index (χ1v) is 8.72. The van der Waals surface area contributed by atoms with Crippen LogP contribution in [0.1, 0.15) is 35.6 Å². The monoisotopic (exact) mass is 397 g/mol. The fourth-order valence-corrected chi connectivity index (χ4v) is 3.80. The van der Waals surface area contributed by atoms with Gasteiger partial charge in [-0.25, -0.2) is 4.39 Å². The Bertz CT molecular complexity index is 869. The zero-order valence-corrected chi connectivity index (χ0v) is 15.0. The molecule has 1 saturated heterocycles. The van der Waals surface area contributed by atoms with Crippen molar-refractivity contribution in [2.24, 2.45) is 0 Å². The minimum absolute atomic E-state index is 0.132. The van der Waals surface area contributed by atoms with Crippen molar-refractivity contribution in [1.82, 2.24) is 4.90 Å². The Hall–Kier alpha value is -2.61. The standard InChI is InChI=1S/C20H19F4NO3/c1-28-17-9-8-12(21)11-14(17)18(25-10-4-7-16(25)19(26)27)13-5-2-3-6-15(13)20(22,23)24/h2-3,5-6,8-9,11,16,18H,4,7,10H2,1H3,(H,26,27). The molecule has 1 aliphatic rings. The Morgan fingerprint density at radius 1 is 1.21 bits per heavy atom. The second kappa shape index (κ2) is 7.79. The van der Waals surface area contributed by atoms with Crippen LogP contribution in [0, 0.1) is 5.82 Å². The van der Waals surface area contributed by atoms with Gasteiger partial charge in [0.25, 0.3) is 0 Å². The van der Waals surface area contributed by atoms with Crippen LogP contribution >= 0.6 is 0 Å². The largest absolute Gasteiger partial charge is 0.496 e. The van der Waals surface area contributed by atoms with Gasteiger partial charge in [0, 0.05) is 12.1 Å². The topological polar surface area (TPSA) is 49.8 Å². The van der Waals surface area contributed by atoms with E-state index in [0.717, 1.165) is 18.2 Å². The molecule has 4 nitrogen and oxygen atoms in total. The molecule has 2 aromatic rings. The SMILES string of the molecule is COc1ccc(F)cc1C(c1ccccc1C(F)(F)F)N1CCCC1C(=O)O. The summed E-state index contributed by atoms with van der Waals surface area (Å²) in [7, 11) is 1.34. The lowest BCUT2D eigenvalue weighted by Gasteiger charge is -2.34. The molecule has 0 spiro atoms. The summed E-state index contributed by atoms with van der Waals surface area (Å²) in [4.78, 5) is 13.2. The number of ether oxygens (including phenoxy) is 1. The molecule has 0 saturated carbocycles. The van der Waals surface area contributed by atoms with Gasteiger partial charge < -0.3 is 9.84 Å². The lowest BCUT2D eigenvalue weighted by Crippen LogP contribution is -2.40. The van der Waals surface area contributed by atoms with Crippen LogP contribution in [0.4, 0.5) is 17.6 Å². The summed E-state index contributed by atoms with van der Waals surface area (Å²) in [5.74, 6) is -1.57. The normalized spacial score (nSPS) is 18.8. The van der Waals surface area contributed by atoms with Crippen LogP contribution in [0.15, 0.2) is 42.5 Å². The van der Waals surface area contributed by atoms with Crippen LogP contribution in [0.3, 0.4) is 0 Å². The van der Waals surface area contributed by atoms with Crippen molar-refractivity contribution in [1.29, 1.82) is 0 Å². The molecular formula is C20H19F4NO3. The first kappa shape index (κ1) is 20.1. The van der Waals surface area contributed by atoms with Crippen molar-refractivity contribution in [3.05, 3.63) is 65.0 Å². The van der Waals surface area contributed by atoms with Gasteiger partial charge in [-0.1, -0.05) is 18.2 Å². The van der Waals surface area contributed by atoms with E-state index in [4.69, 9.17) is 4.74 Å². The number of benzene rings is 2. The minimum atomic E-state index is -4.64.